The number of hydrogen-bond acceptors (Lipinski definition) is 5. The molecule has 208 valence electrons. The molecule has 0 bridgehead atoms. The van der Waals surface area contributed by atoms with Crippen molar-refractivity contribution in [2.45, 2.75) is 43.9 Å². The standard InChI is InChI=1S/C29H28F4N6O/c30-22-10-9-20(28(35,12-11-18-7-8-18)25-6-1-2-13-36-25)15-23(22)37-27(40)24-16-26(29(31,32)33)38-39(24)21-5-3-4-19(14-21)17-34/h1-6,9-10,13-16,18H,7-8,11-12,17,34-35H2,(H,37,40)/t28-/m0/s1. The number of hydrogen-bond donors (Lipinski definition) is 3. The van der Waals surface area contributed by atoms with Crippen molar-refractivity contribution in [3.63, 3.8) is 0 Å². The van der Waals surface area contributed by atoms with Crippen LogP contribution in [0.3, 0.4) is 0 Å². The highest BCUT2D eigenvalue weighted by atomic mass is 19.4. The van der Waals surface area contributed by atoms with E-state index in [-0.39, 0.29) is 17.9 Å². The van der Waals surface area contributed by atoms with E-state index in [0.717, 1.165) is 23.9 Å². The Balaban J connectivity index is 1.51. The molecule has 11 heteroatoms. The molecule has 1 aliphatic carbocycles. The highest BCUT2D eigenvalue weighted by molar-refractivity contribution is 6.03. The molecule has 5 N–H and O–H groups in total. The summed E-state index contributed by atoms with van der Waals surface area (Å²) in [5, 5.41) is 6.05. The highest BCUT2D eigenvalue weighted by Gasteiger charge is 2.37. The zero-order valence-corrected chi connectivity index (χ0v) is 21.5. The Hall–Kier alpha value is -4.09. The van der Waals surface area contributed by atoms with E-state index in [9.17, 15) is 22.4 Å². The van der Waals surface area contributed by atoms with E-state index in [4.69, 9.17) is 11.5 Å². The SMILES string of the molecule is NCc1cccc(-n2nc(C(F)(F)F)cc2C(=O)Nc2cc([C@@](N)(CCC3CC3)c3ccccn3)ccc2F)c1. The molecule has 0 aliphatic heterocycles. The number of aromatic nitrogens is 3. The number of rotatable bonds is 9. The van der Waals surface area contributed by atoms with E-state index in [1.165, 1.54) is 30.3 Å². The number of benzene rings is 2. The van der Waals surface area contributed by atoms with Gasteiger partial charge in [-0.05, 0) is 66.3 Å². The Morgan fingerprint density at radius 1 is 1.02 bits per heavy atom. The van der Waals surface area contributed by atoms with Crippen molar-refractivity contribution < 1.29 is 22.4 Å². The quantitative estimate of drug-likeness (QED) is 0.237. The van der Waals surface area contributed by atoms with Gasteiger partial charge in [0.1, 0.15) is 11.5 Å². The molecule has 40 heavy (non-hydrogen) atoms. The van der Waals surface area contributed by atoms with Crippen LogP contribution in [0.1, 0.15) is 58.7 Å². The molecular formula is C29H28F4N6O. The third-order valence-corrected chi connectivity index (χ3v) is 7.12. The summed E-state index contributed by atoms with van der Waals surface area (Å²) in [5.74, 6) is -1.17. The number of nitrogens with two attached hydrogens (primary N) is 2. The third kappa shape index (κ3) is 5.75. The summed E-state index contributed by atoms with van der Waals surface area (Å²) in [6.45, 7) is 0.138. The largest absolute Gasteiger partial charge is 0.435 e. The number of carbonyl (C=O) groups excluding carboxylic acids is 1. The van der Waals surface area contributed by atoms with Gasteiger partial charge in [0, 0.05) is 18.8 Å². The van der Waals surface area contributed by atoms with Gasteiger partial charge in [-0.25, -0.2) is 9.07 Å². The summed E-state index contributed by atoms with van der Waals surface area (Å²) in [5.41, 5.74) is 11.5. The zero-order chi connectivity index (χ0) is 28.5. The fourth-order valence-electron chi connectivity index (χ4n) is 4.66. The molecule has 0 unspecified atom stereocenters. The summed E-state index contributed by atoms with van der Waals surface area (Å²) in [4.78, 5) is 17.8. The second-order valence-electron chi connectivity index (χ2n) is 10.0. The smallest absolute Gasteiger partial charge is 0.326 e. The molecule has 0 radical (unpaired) electrons. The van der Waals surface area contributed by atoms with Gasteiger partial charge in [0.15, 0.2) is 5.69 Å². The molecule has 1 amide bonds. The minimum atomic E-state index is -4.81. The fourth-order valence-corrected chi connectivity index (χ4v) is 4.66. The van der Waals surface area contributed by atoms with Crippen LogP contribution in [0.5, 0.6) is 0 Å². The maximum Gasteiger partial charge on any atom is 0.435 e. The summed E-state index contributed by atoms with van der Waals surface area (Å²) in [6.07, 6.45) is 0.482. The van der Waals surface area contributed by atoms with Crippen LogP contribution < -0.4 is 16.8 Å². The van der Waals surface area contributed by atoms with Crippen LogP contribution in [0.25, 0.3) is 5.69 Å². The van der Waals surface area contributed by atoms with E-state index in [1.54, 1.807) is 30.5 Å². The van der Waals surface area contributed by atoms with Gasteiger partial charge in [-0.2, -0.15) is 18.3 Å². The predicted octanol–water partition coefficient (Wildman–Crippen LogP) is 5.53. The molecule has 2 heterocycles. The van der Waals surface area contributed by atoms with Crippen molar-refractivity contribution in [1.29, 1.82) is 0 Å². The number of anilines is 1. The van der Waals surface area contributed by atoms with E-state index in [2.05, 4.69) is 15.4 Å². The molecule has 4 aromatic rings. The van der Waals surface area contributed by atoms with Crippen molar-refractivity contribution >= 4 is 11.6 Å². The number of nitrogens with one attached hydrogen (secondary N) is 1. The van der Waals surface area contributed by atoms with E-state index < -0.39 is 34.8 Å². The van der Waals surface area contributed by atoms with Crippen LogP contribution in [-0.2, 0) is 18.3 Å². The summed E-state index contributed by atoms with van der Waals surface area (Å²) in [7, 11) is 0. The lowest BCUT2D eigenvalue weighted by Gasteiger charge is -2.30. The van der Waals surface area contributed by atoms with Crippen LogP contribution in [0.4, 0.5) is 23.2 Å². The summed E-state index contributed by atoms with van der Waals surface area (Å²) >= 11 is 0. The maximum absolute atomic E-state index is 15.0. The minimum absolute atomic E-state index is 0.138. The number of nitrogens with zero attached hydrogens (tertiary/aromatic N) is 3. The lowest BCUT2D eigenvalue weighted by molar-refractivity contribution is -0.141. The average molecular weight is 553 g/mol. The van der Waals surface area contributed by atoms with E-state index >= 15 is 0 Å². The first kappa shape index (κ1) is 27.5. The molecule has 0 saturated heterocycles. The molecule has 2 aromatic carbocycles. The topological polar surface area (TPSA) is 112 Å². The number of pyridine rings is 1. The first-order valence-electron chi connectivity index (χ1n) is 12.9. The summed E-state index contributed by atoms with van der Waals surface area (Å²) in [6, 6.07) is 16.4. The maximum atomic E-state index is 15.0. The van der Waals surface area contributed by atoms with E-state index in [0.29, 0.717) is 35.2 Å². The van der Waals surface area contributed by atoms with Crippen molar-refractivity contribution in [1.82, 2.24) is 14.8 Å². The second kappa shape index (κ2) is 10.8. The molecule has 7 nitrogen and oxygen atoms in total. The second-order valence-corrected chi connectivity index (χ2v) is 10.0. The summed E-state index contributed by atoms with van der Waals surface area (Å²) < 4.78 is 56.6. The van der Waals surface area contributed by atoms with Gasteiger partial charge >= 0.3 is 6.18 Å². The van der Waals surface area contributed by atoms with Crippen molar-refractivity contribution in [2.75, 3.05) is 5.32 Å². The Morgan fingerprint density at radius 3 is 2.50 bits per heavy atom. The van der Waals surface area contributed by atoms with Gasteiger partial charge in [0.05, 0.1) is 22.6 Å². The van der Waals surface area contributed by atoms with Gasteiger partial charge < -0.3 is 16.8 Å². The molecule has 1 fully saturated rings. The molecule has 1 aliphatic rings. The molecule has 1 saturated carbocycles. The van der Waals surface area contributed by atoms with Crippen LogP contribution in [0, 0.1) is 11.7 Å². The first-order valence-corrected chi connectivity index (χ1v) is 12.9. The molecule has 2 aromatic heterocycles. The van der Waals surface area contributed by atoms with Crippen molar-refractivity contribution in [3.8, 4) is 5.69 Å². The van der Waals surface area contributed by atoms with Crippen LogP contribution in [0.15, 0.2) is 72.9 Å². The predicted molar refractivity (Wildman–Crippen MR) is 142 cm³/mol. The van der Waals surface area contributed by atoms with Gasteiger partial charge in [-0.15, -0.1) is 0 Å². The van der Waals surface area contributed by atoms with Crippen LogP contribution >= 0.6 is 0 Å². The Labute approximate surface area is 228 Å². The number of carbonyl (C=O) groups is 1. The Kier molecular flexibility index (Phi) is 7.43. The first-order chi connectivity index (χ1) is 19.1. The minimum Gasteiger partial charge on any atom is -0.326 e. The third-order valence-electron chi connectivity index (χ3n) is 7.12. The van der Waals surface area contributed by atoms with Crippen molar-refractivity contribution in [3.05, 3.63) is 107 Å². The van der Waals surface area contributed by atoms with Crippen LogP contribution in [0.2, 0.25) is 0 Å². The molecule has 1 atom stereocenters. The number of halogens is 4. The van der Waals surface area contributed by atoms with Gasteiger partial charge in [-0.1, -0.05) is 37.1 Å². The monoisotopic (exact) mass is 552 g/mol. The van der Waals surface area contributed by atoms with Crippen molar-refractivity contribution in [2.24, 2.45) is 17.4 Å². The molecule has 5 rings (SSSR count). The Bertz CT molecular complexity index is 1520. The normalized spacial score (nSPS) is 15.1. The highest BCUT2D eigenvalue weighted by Crippen LogP contribution is 2.40. The Morgan fingerprint density at radius 2 is 1.82 bits per heavy atom. The lowest BCUT2D eigenvalue weighted by Crippen LogP contribution is -2.39. The van der Waals surface area contributed by atoms with Gasteiger partial charge in [0.25, 0.3) is 5.91 Å². The fraction of sp³-hybridized carbons (Fsp3) is 0.276. The van der Waals surface area contributed by atoms with E-state index in [1.807, 2.05) is 6.07 Å². The van der Waals surface area contributed by atoms with Gasteiger partial charge in [0.2, 0.25) is 0 Å². The average Bonchev–Trinajstić information content (AvgIpc) is 3.67. The number of amides is 1. The number of alkyl halides is 3. The molecular weight excluding hydrogens is 524 g/mol. The molecule has 0 spiro atoms. The lowest BCUT2D eigenvalue weighted by atomic mass is 9.82. The van der Waals surface area contributed by atoms with Crippen LogP contribution in [-0.4, -0.2) is 20.7 Å². The zero-order valence-electron chi connectivity index (χ0n) is 21.5. The van der Waals surface area contributed by atoms with Gasteiger partial charge in [-0.3, -0.25) is 9.78 Å².